The number of rotatable bonds is 1. The number of fused-ring (bicyclic) bond motifs is 3. The van der Waals surface area contributed by atoms with E-state index in [0.717, 1.165) is 25.7 Å². The Bertz CT molecular complexity index is 831. The van der Waals surface area contributed by atoms with Gasteiger partial charge in [0, 0.05) is 12.3 Å². The zero-order valence-corrected chi connectivity index (χ0v) is 12.0. The number of hydrogen-bond acceptors (Lipinski definition) is 1. The minimum Gasteiger partial charge on any atom is -0.299 e. The number of carbonyl (C=O) groups excluding carboxylic acids is 1. The molecule has 0 unspecified atom stereocenters. The van der Waals surface area contributed by atoms with Crippen molar-refractivity contribution in [3.8, 4) is 0 Å². The Morgan fingerprint density at radius 3 is 2.33 bits per heavy atom. The lowest BCUT2D eigenvalue weighted by atomic mass is 9.80. The Kier molecular flexibility index (Phi) is 2.99. The van der Waals surface area contributed by atoms with Crippen LogP contribution >= 0.6 is 0 Å². The van der Waals surface area contributed by atoms with Gasteiger partial charge in [-0.05, 0) is 46.0 Å². The normalized spacial score (nSPS) is 19.2. The highest BCUT2D eigenvalue weighted by molar-refractivity contribution is 6.10. The average Bonchev–Trinajstić information content (AvgIpc) is 2.55. The third-order valence-corrected chi connectivity index (χ3v) is 4.73. The van der Waals surface area contributed by atoms with Crippen molar-refractivity contribution in [2.75, 3.05) is 0 Å². The number of hydrogen-bond donors (Lipinski definition) is 0. The molecule has 21 heavy (non-hydrogen) atoms. The standard InChI is InChI=1S/C20H18O/c21-20-12-6-5-11-18(20)19-13-14-7-1-2-8-15(14)16-9-3-4-10-17(16)19/h1-4,7-10,13,18H,5-6,11-12H2/t18-/m1/s1. The molecule has 1 atom stereocenters. The van der Waals surface area contributed by atoms with E-state index < -0.39 is 0 Å². The number of ketones is 1. The second kappa shape index (κ2) is 5.00. The molecule has 0 heterocycles. The van der Waals surface area contributed by atoms with Gasteiger partial charge in [0.15, 0.2) is 0 Å². The quantitative estimate of drug-likeness (QED) is 0.556. The van der Waals surface area contributed by atoms with Crippen LogP contribution in [0.15, 0.2) is 54.6 Å². The molecule has 0 amide bonds. The van der Waals surface area contributed by atoms with E-state index in [1.165, 1.54) is 27.1 Å². The SMILES string of the molecule is O=C1CCCC[C@@H]1c1cc2ccccc2c2ccccc12. The molecule has 1 fully saturated rings. The van der Waals surface area contributed by atoms with Gasteiger partial charge in [-0.3, -0.25) is 4.79 Å². The van der Waals surface area contributed by atoms with Gasteiger partial charge in [-0.2, -0.15) is 0 Å². The molecule has 4 rings (SSSR count). The molecule has 3 aromatic carbocycles. The molecule has 0 aliphatic heterocycles. The fourth-order valence-electron chi connectivity index (χ4n) is 3.68. The minimum absolute atomic E-state index is 0.0910. The highest BCUT2D eigenvalue weighted by atomic mass is 16.1. The topological polar surface area (TPSA) is 17.1 Å². The summed E-state index contributed by atoms with van der Waals surface area (Å²) in [6.07, 6.45) is 3.96. The zero-order chi connectivity index (χ0) is 14.2. The van der Waals surface area contributed by atoms with Crippen LogP contribution in [0.4, 0.5) is 0 Å². The predicted octanol–water partition coefficient (Wildman–Crippen LogP) is 5.22. The van der Waals surface area contributed by atoms with Crippen LogP contribution in [0.3, 0.4) is 0 Å². The Hall–Kier alpha value is -2.15. The fraction of sp³-hybridized carbons (Fsp3) is 0.250. The van der Waals surface area contributed by atoms with Crippen LogP contribution < -0.4 is 0 Å². The van der Waals surface area contributed by atoms with Crippen molar-refractivity contribution in [3.05, 3.63) is 60.2 Å². The molecule has 3 aromatic rings. The van der Waals surface area contributed by atoms with Gasteiger partial charge >= 0.3 is 0 Å². The van der Waals surface area contributed by atoms with Crippen LogP contribution in [-0.2, 0) is 4.79 Å². The average molecular weight is 274 g/mol. The summed E-state index contributed by atoms with van der Waals surface area (Å²) in [6, 6.07) is 19.2. The molecular formula is C20H18O. The molecular weight excluding hydrogens is 256 g/mol. The first-order chi connectivity index (χ1) is 10.3. The molecule has 1 nitrogen and oxygen atoms in total. The third kappa shape index (κ3) is 2.04. The van der Waals surface area contributed by atoms with Crippen LogP contribution in [0.1, 0.15) is 37.2 Å². The summed E-state index contributed by atoms with van der Waals surface area (Å²) in [5, 5.41) is 5.03. The maximum atomic E-state index is 12.4. The molecule has 0 radical (unpaired) electrons. The van der Waals surface area contributed by atoms with E-state index in [9.17, 15) is 4.79 Å². The summed E-state index contributed by atoms with van der Waals surface area (Å²) in [4.78, 5) is 12.4. The highest BCUT2D eigenvalue weighted by Gasteiger charge is 2.25. The van der Waals surface area contributed by atoms with Crippen molar-refractivity contribution in [1.29, 1.82) is 0 Å². The maximum Gasteiger partial charge on any atom is 0.140 e. The lowest BCUT2D eigenvalue weighted by Gasteiger charge is -2.23. The Labute approximate surface area is 124 Å². The minimum atomic E-state index is 0.0910. The Morgan fingerprint density at radius 1 is 0.810 bits per heavy atom. The van der Waals surface area contributed by atoms with Gasteiger partial charge in [0.2, 0.25) is 0 Å². The van der Waals surface area contributed by atoms with Gasteiger partial charge in [-0.25, -0.2) is 0 Å². The van der Waals surface area contributed by atoms with Crippen LogP contribution in [0.2, 0.25) is 0 Å². The molecule has 0 saturated heterocycles. The number of carbonyl (C=O) groups is 1. The summed E-state index contributed by atoms with van der Waals surface area (Å²) in [5.74, 6) is 0.509. The van der Waals surface area contributed by atoms with E-state index in [-0.39, 0.29) is 5.92 Å². The molecule has 0 spiro atoms. The monoisotopic (exact) mass is 274 g/mol. The van der Waals surface area contributed by atoms with Crippen LogP contribution in [0.25, 0.3) is 21.5 Å². The van der Waals surface area contributed by atoms with Crippen LogP contribution in [-0.4, -0.2) is 5.78 Å². The first-order valence-electron chi connectivity index (χ1n) is 7.78. The molecule has 1 saturated carbocycles. The van der Waals surface area contributed by atoms with Crippen molar-refractivity contribution in [2.24, 2.45) is 0 Å². The first-order valence-corrected chi connectivity index (χ1v) is 7.78. The van der Waals surface area contributed by atoms with E-state index >= 15 is 0 Å². The predicted molar refractivity (Wildman–Crippen MR) is 87.7 cm³/mol. The number of Topliss-reactive ketones (excluding diaryl/α,β-unsaturated/α-hetero) is 1. The largest absolute Gasteiger partial charge is 0.299 e. The van der Waals surface area contributed by atoms with Crippen molar-refractivity contribution in [2.45, 2.75) is 31.6 Å². The Morgan fingerprint density at radius 2 is 1.52 bits per heavy atom. The smallest absolute Gasteiger partial charge is 0.140 e. The van der Waals surface area contributed by atoms with E-state index in [1.54, 1.807) is 0 Å². The number of benzene rings is 3. The summed E-state index contributed by atoms with van der Waals surface area (Å²) >= 11 is 0. The van der Waals surface area contributed by atoms with Crippen molar-refractivity contribution in [1.82, 2.24) is 0 Å². The summed E-state index contributed by atoms with van der Waals surface area (Å²) in [5.41, 5.74) is 1.23. The van der Waals surface area contributed by atoms with Gasteiger partial charge in [-0.1, -0.05) is 55.0 Å². The molecule has 104 valence electrons. The molecule has 1 aliphatic rings. The third-order valence-electron chi connectivity index (χ3n) is 4.73. The van der Waals surface area contributed by atoms with E-state index in [0.29, 0.717) is 5.78 Å². The van der Waals surface area contributed by atoms with E-state index in [1.807, 2.05) is 0 Å². The molecule has 1 aliphatic carbocycles. The lowest BCUT2D eigenvalue weighted by Crippen LogP contribution is -2.17. The van der Waals surface area contributed by atoms with Crippen LogP contribution in [0.5, 0.6) is 0 Å². The van der Waals surface area contributed by atoms with Gasteiger partial charge in [0.05, 0.1) is 0 Å². The van der Waals surface area contributed by atoms with Gasteiger partial charge in [0.25, 0.3) is 0 Å². The van der Waals surface area contributed by atoms with Crippen molar-refractivity contribution in [3.63, 3.8) is 0 Å². The van der Waals surface area contributed by atoms with E-state index in [4.69, 9.17) is 0 Å². The fourth-order valence-corrected chi connectivity index (χ4v) is 3.68. The zero-order valence-electron chi connectivity index (χ0n) is 12.0. The van der Waals surface area contributed by atoms with Gasteiger partial charge in [-0.15, -0.1) is 0 Å². The van der Waals surface area contributed by atoms with Crippen molar-refractivity contribution < 1.29 is 4.79 Å². The van der Waals surface area contributed by atoms with Crippen molar-refractivity contribution >= 4 is 27.3 Å². The van der Waals surface area contributed by atoms with Crippen LogP contribution in [0, 0.1) is 0 Å². The highest BCUT2D eigenvalue weighted by Crippen LogP contribution is 2.37. The summed E-state index contributed by atoms with van der Waals surface area (Å²) in [7, 11) is 0. The van der Waals surface area contributed by atoms with E-state index in [2.05, 4.69) is 54.6 Å². The van der Waals surface area contributed by atoms with Gasteiger partial charge < -0.3 is 0 Å². The van der Waals surface area contributed by atoms with Gasteiger partial charge in [0.1, 0.15) is 5.78 Å². The summed E-state index contributed by atoms with van der Waals surface area (Å²) < 4.78 is 0. The molecule has 1 heteroatoms. The lowest BCUT2D eigenvalue weighted by molar-refractivity contribution is -0.121. The summed E-state index contributed by atoms with van der Waals surface area (Å²) in [6.45, 7) is 0. The second-order valence-electron chi connectivity index (χ2n) is 6.00. The maximum absolute atomic E-state index is 12.4. The second-order valence-corrected chi connectivity index (χ2v) is 6.00. The first kappa shape index (κ1) is 12.6. The molecule has 0 N–H and O–H groups in total. The molecule has 0 bridgehead atoms. The molecule has 0 aromatic heterocycles. The Balaban J connectivity index is 2.04.